The van der Waals surface area contributed by atoms with Crippen molar-refractivity contribution in [1.82, 2.24) is 5.32 Å². The van der Waals surface area contributed by atoms with Crippen LogP contribution in [0, 0.1) is 0 Å². The van der Waals surface area contributed by atoms with Crippen LogP contribution in [0.25, 0.3) is 0 Å². The lowest BCUT2D eigenvalue weighted by Gasteiger charge is -2.29. The number of phosphoric acid groups is 1. The number of aliphatic hydroxyl groups excluding tert-OH is 1. The number of carbonyl (C=O) groups excluding carboxylic acids is 1. The second kappa shape index (κ2) is 55.4. The molecule has 2 N–H and O–H groups in total. The summed E-state index contributed by atoms with van der Waals surface area (Å²) in [7, 11) is 1.22. The normalized spacial score (nSPS) is 14.4. The minimum absolute atomic E-state index is 0.0146. The molecule has 0 aromatic heterocycles. The third-order valence-electron chi connectivity index (χ3n) is 13.6. The van der Waals surface area contributed by atoms with Gasteiger partial charge in [-0.3, -0.25) is 9.36 Å². The molecule has 0 saturated heterocycles. The number of quaternary nitrogens is 1. The topological polar surface area (TPSA) is 108 Å². The van der Waals surface area contributed by atoms with Crippen LogP contribution in [0.1, 0.15) is 271 Å². The van der Waals surface area contributed by atoms with Gasteiger partial charge in [-0.1, -0.05) is 266 Å². The monoisotopic (exact) mass is 1050 g/mol. The van der Waals surface area contributed by atoms with Crippen molar-refractivity contribution in [3.8, 4) is 0 Å². The van der Waals surface area contributed by atoms with Gasteiger partial charge in [0.2, 0.25) is 5.91 Å². The van der Waals surface area contributed by atoms with Crippen molar-refractivity contribution in [2.45, 2.75) is 283 Å². The van der Waals surface area contributed by atoms with Gasteiger partial charge >= 0.3 is 0 Å². The summed E-state index contributed by atoms with van der Waals surface area (Å²) in [6, 6.07) is -0.921. The maximum atomic E-state index is 13.0. The molecule has 1 amide bonds. The first-order valence-corrected chi connectivity index (χ1v) is 32.4. The summed E-state index contributed by atoms with van der Waals surface area (Å²) in [6.45, 7) is 4.52. The van der Waals surface area contributed by atoms with Gasteiger partial charge in [-0.2, -0.15) is 0 Å². The van der Waals surface area contributed by atoms with Crippen molar-refractivity contribution in [1.29, 1.82) is 0 Å². The average Bonchev–Trinajstić information content (AvgIpc) is 3.36. The van der Waals surface area contributed by atoms with Gasteiger partial charge in [0.05, 0.1) is 39.9 Å². The van der Waals surface area contributed by atoms with Crippen molar-refractivity contribution < 1.29 is 32.9 Å². The number of hydrogen-bond donors (Lipinski definition) is 2. The van der Waals surface area contributed by atoms with Crippen molar-refractivity contribution in [3.63, 3.8) is 0 Å². The van der Waals surface area contributed by atoms with Gasteiger partial charge in [0, 0.05) is 6.42 Å². The van der Waals surface area contributed by atoms with E-state index in [1.165, 1.54) is 167 Å². The second-order valence-corrected chi connectivity index (χ2v) is 23.4. The SMILES string of the molecule is CC/C=C\C/C=C\C/C=C\C/C=C\CCCCCCCCCCC(=O)NC(COP(=O)([O-])OCC[N+](C)(C)C)C(O)/C=C/CC/C=C/CC/C=C/CCCCCCCCCCCCCCCCCCCCCCC. The summed E-state index contributed by atoms with van der Waals surface area (Å²) in [4.78, 5) is 25.5. The molecule has 9 heteroatoms. The lowest BCUT2D eigenvalue weighted by Crippen LogP contribution is -2.45. The zero-order valence-electron chi connectivity index (χ0n) is 49.0. The van der Waals surface area contributed by atoms with Gasteiger partial charge in [0.1, 0.15) is 13.2 Å². The molecule has 0 fully saturated rings. The fraction of sp³-hybridized carbons (Fsp3) is 0.769. The summed E-state index contributed by atoms with van der Waals surface area (Å²) >= 11 is 0. The van der Waals surface area contributed by atoms with E-state index in [0.29, 0.717) is 17.4 Å². The number of unbranched alkanes of at least 4 members (excludes halogenated alkanes) is 31. The van der Waals surface area contributed by atoms with Crippen LogP contribution < -0.4 is 10.2 Å². The molecule has 0 aliphatic carbocycles. The van der Waals surface area contributed by atoms with Crippen LogP contribution in [0.2, 0.25) is 0 Å². The van der Waals surface area contributed by atoms with Gasteiger partial charge < -0.3 is 28.8 Å². The summed E-state index contributed by atoms with van der Waals surface area (Å²) in [5, 5.41) is 13.9. The van der Waals surface area contributed by atoms with Gasteiger partial charge in [-0.25, -0.2) is 0 Å². The number of nitrogens with one attached hydrogen (secondary N) is 1. The van der Waals surface area contributed by atoms with Gasteiger partial charge in [0.25, 0.3) is 7.82 Å². The number of aliphatic hydroxyl groups is 1. The summed E-state index contributed by atoms with van der Waals surface area (Å²) < 4.78 is 23.3. The van der Waals surface area contributed by atoms with E-state index in [0.717, 1.165) is 83.5 Å². The highest BCUT2D eigenvalue weighted by Crippen LogP contribution is 2.38. The molecule has 0 aliphatic rings. The Kier molecular flexibility index (Phi) is 53.7. The predicted molar refractivity (Wildman–Crippen MR) is 320 cm³/mol. The Morgan fingerprint density at radius 1 is 0.486 bits per heavy atom. The number of phosphoric ester groups is 1. The van der Waals surface area contributed by atoms with E-state index in [-0.39, 0.29) is 12.5 Å². The molecule has 430 valence electrons. The number of allylic oxidation sites excluding steroid dienone is 13. The van der Waals surface area contributed by atoms with E-state index in [1.54, 1.807) is 6.08 Å². The number of nitrogens with zero attached hydrogens (tertiary/aromatic N) is 1. The molecule has 0 heterocycles. The first-order valence-electron chi connectivity index (χ1n) is 30.9. The van der Waals surface area contributed by atoms with Crippen molar-refractivity contribution >= 4 is 13.7 Å². The van der Waals surface area contributed by atoms with Gasteiger partial charge in [0.15, 0.2) is 0 Å². The molecular weight excluding hydrogens is 936 g/mol. The fourth-order valence-electron chi connectivity index (χ4n) is 8.77. The standard InChI is InChI=1S/C65H119N2O6P/c1-6-8-10-12-14-16-18-20-22-24-26-28-29-30-31-32-33-34-35-36-37-39-40-42-44-46-48-50-52-54-56-58-64(68)63(62-73-74(70,71)72-61-60-67(3,4)5)66-65(69)59-57-55-53-51-49-47-45-43-41-38-27-25-23-21-19-17-15-13-11-9-7-2/h9,11,15,17,21,23,27,38,40,42,48,50,56,58,63-64,68H,6-8,10,12-14,16,18-20,22,24-26,28-37,39,41,43-47,49,51-55,57,59-62H2,1-5H3,(H-,66,69,70,71)/b11-9-,17-15-,23-21-,38-27-,42-40+,50-48+,58-56+. The Balaban J connectivity index is 4.23. The number of rotatable bonds is 56. The quantitative estimate of drug-likeness (QED) is 0.0272. The smallest absolute Gasteiger partial charge is 0.268 e. The lowest BCUT2D eigenvalue weighted by molar-refractivity contribution is -0.870. The molecule has 0 spiro atoms. The molecule has 8 nitrogen and oxygen atoms in total. The highest BCUT2D eigenvalue weighted by atomic mass is 31.2. The zero-order chi connectivity index (χ0) is 54.2. The molecule has 3 atom stereocenters. The van der Waals surface area contributed by atoms with Crippen LogP contribution in [0.15, 0.2) is 85.1 Å². The third-order valence-corrected chi connectivity index (χ3v) is 14.5. The van der Waals surface area contributed by atoms with E-state index < -0.39 is 26.6 Å². The van der Waals surface area contributed by atoms with Crippen LogP contribution in [-0.4, -0.2) is 68.5 Å². The summed E-state index contributed by atoms with van der Waals surface area (Å²) in [5.41, 5.74) is 0. The Bertz CT molecular complexity index is 1480. The fourth-order valence-corrected chi connectivity index (χ4v) is 9.49. The molecule has 0 saturated carbocycles. The highest BCUT2D eigenvalue weighted by Gasteiger charge is 2.23. The number of likely N-dealkylation sites (N-methyl/N-ethyl adjacent to an activating group) is 1. The van der Waals surface area contributed by atoms with Crippen LogP contribution in [0.4, 0.5) is 0 Å². The molecule has 3 unspecified atom stereocenters. The van der Waals surface area contributed by atoms with Crippen LogP contribution in [0.5, 0.6) is 0 Å². The molecule has 0 bridgehead atoms. The van der Waals surface area contributed by atoms with E-state index in [4.69, 9.17) is 9.05 Å². The Morgan fingerprint density at radius 2 is 0.838 bits per heavy atom. The minimum atomic E-state index is -4.62. The van der Waals surface area contributed by atoms with E-state index in [1.807, 2.05) is 27.2 Å². The number of hydrogen-bond acceptors (Lipinski definition) is 6. The zero-order valence-corrected chi connectivity index (χ0v) is 49.9. The van der Waals surface area contributed by atoms with E-state index in [9.17, 15) is 19.4 Å². The molecule has 0 rings (SSSR count). The Morgan fingerprint density at radius 3 is 1.26 bits per heavy atom. The Labute approximate surface area is 458 Å². The minimum Gasteiger partial charge on any atom is -0.756 e. The molecular formula is C65H119N2O6P. The first kappa shape index (κ1) is 71.7. The van der Waals surface area contributed by atoms with Crippen molar-refractivity contribution in [2.75, 3.05) is 40.9 Å². The maximum Gasteiger partial charge on any atom is 0.268 e. The summed E-state index contributed by atoms with van der Waals surface area (Å²) in [6.07, 6.45) is 78.3. The maximum absolute atomic E-state index is 13.0. The van der Waals surface area contributed by atoms with E-state index in [2.05, 4.69) is 92.1 Å². The average molecular weight is 1060 g/mol. The number of carbonyl (C=O) groups is 1. The largest absolute Gasteiger partial charge is 0.756 e. The van der Waals surface area contributed by atoms with Gasteiger partial charge in [-0.05, 0) is 83.5 Å². The molecule has 0 aliphatic heterocycles. The molecule has 0 radical (unpaired) electrons. The van der Waals surface area contributed by atoms with Crippen LogP contribution >= 0.6 is 7.82 Å². The van der Waals surface area contributed by atoms with Crippen molar-refractivity contribution in [3.05, 3.63) is 85.1 Å². The summed E-state index contributed by atoms with van der Waals surface area (Å²) in [5.74, 6) is -0.221. The van der Waals surface area contributed by atoms with Crippen LogP contribution in [0.3, 0.4) is 0 Å². The number of amides is 1. The second-order valence-electron chi connectivity index (χ2n) is 22.0. The molecule has 74 heavy (non-hydrogen) atoms. The molecule has 0 aromatic carbocycles. The molecule has 0 aromatic rings. The predicted octanol–water partition coefficient (Wildman–Crippen LogP) is 18.6. The van der Waals surface area contributed by atoms with Crippen LogP contribution in [-0.2, 0) is 18.4 Å². The Hall–Kier alpha value is -2.32. The van der Waals surface area contributed by atoms with E-state index >= 15 is 0 Å². The van der Waals surface area contributed by atoms with Crippen molar-refractivity contribution in [2.24, 2.45) is 0 Å². The first-order chi connectivity index (χ1) is 36.0. The highest BCUT2D eigenvalue weighted by molar-refractivity contribution is 7.45. The third kappa shape index (κ3) is 57.4. The van der Waals surface area contributed by atoms with Gasteiger partial charge in [-0.15, -0.1) is 0 Å². The lowest BCUT2D eigenvalue weighted by atomic mass is 10.0.